The van der Waals surface area contributed by atoms with Crippen LogP contribution in [0.3, 0.4) is 0 Å². The lowest BCUT2D eigenvalue weighted by Crippen LogP contribution is -2.28. The molecule has 0 spiro atoms. The van der Waals surface area contributed by atoms with E-state index in [9.17, 15) is 4.79 Å². The zero-order chi connectivity index (χ0) is 14.4. The molecule has 0 saturated carbocycles. The van der Waals surface area contributed by atoms with Crippen molar-refractivity contribution < 1.29 is 4.79 Å². The van der Waals surface area contributed by atoms with E-state index in [1.54, 1.807) is 5.38 Å². The SMILES string of the molecule is CCC(CNC(=O)c1csc(CN)n1)c1ccccc1. The third-order valence-corrected chi connectivity index (χ3v) is 4.10. The maximum atomic E-state index is 12.0. The summed E-state index contributed by atoms with van der Waals surface area (Å²) in [6.45, 7) is 3.12. The molecule has 0 fully saturated rings. The van der Waals surface area contributed by atoms with Crippen molar-refractivity contribution >= 4 is 17.2 Å². The number of amides is 1. The summed E-state index contributed by atoms with van der Waals surface area (Å²) in [5, 5.41) is 5.48. The van der Waals surface area contributed by atoms with E-state index in [-0.39, 0.29) is 5.91 Å². The molecule has 2 rings (SSSR count). The molecule has 1 aromatic carbocycles. The number of hydrogen-bond donors (Lipinski definition) is 2. The molecule has 1 heterocycles. The van der Waals surface area contributed by atoms with E-state index in [2.05, 4.69) is 29.4 Å². The largest absolute Gasteiger partial charge is 0.350 e. The topological polar surface area (TPSA) is 68.0 Å². The second-order valence-electron chi connectivity index (χ2n) is 4.56. The molecule has 0 aliphatic carbocycles. The van der Waals surface area contributed by atoms with Crippen LogP contribution in [-0.2, 0) is 6.54 Å². The van der Waals surface area contributed by atoms with Crippen molar-refractivity contribution in [3.8, 4) is 0 Å². The van der Waals surface area contributed by atoms with Gasteiger partial charge in [0.2, 0.25) is 0 Å². The number of nitrogens with zero attached hydrogens (tertiary/aromatic N) is 1. The first kappa shape index (κ1) is 14.7. The number of carbonyl (C=O) groups excluding carboxylic acids is 1. The highest BCUT2D eigenvalue weighted by molar-refractivity contribution is 7.09. The molecule has 4 nitrogen and oxygen atoms in total. The van der Waals surface area contributed by atoms with Gasteiger partial charge in [-0.3, -0.25) is 4.79 Å². The number of nitrogens with two attached hydrogens (primary N) is 1. The van der Waals surface area contributed by atoms with E-state index in [0.717, 1.165) is 11.4 Å². The van der Waals surface area contributed by atoms with E-state index in [1.807, 2.05) is 18.2 Å². The molecule has 0 aliphatic heterocycles. The molecule has 1 atom stereocenters. The minimum atomic E-state index is -0.129. The van der Waals surface area contributed by atoms with Crippen LogP contribution in [0.1, 0.15) is 40.3 Å². The summed E-state index contributed by atoms with van der Waals surface area (Å²) in [5.41, 5.74) is 7.20. The summed E-state index contributed by atoms with van der Waals surface area (Å²) in [6, 6.07) is 10.2. The summed E-state index contributed by atoms with van der Waals surface area (Å²) in [5.74, 6) is 0.197. The predicted molar refractivity (Wildman–Crippen MR) is 81.8 cm³/mol. The zero-order valence-corrected chi connectivity index (χ0v) is 12.3. The van der Waals surface area contributed by atoms with Gasteiger partial charge in [0.15, 0.2) is 0 Å². The van der Waals surface area contributed by atoms with Gasteiger partial charge in [0.25, 0.3) is 5.91 Å². The van der Waals surface area contributed by atoms with E-state index >= 15 is 0 Å². The lowest BCUT2D eigenvalue weighted by Gasteiger charge is -2.15. The summed E-state index contributed by atoms with van der Waals surface area (Å²) >= 11 is 1.42. The summed E-state index contributed by atoms with van der Waals surface area (Å²) in [6.07, 6.45) is 0.982. The van der Waals surface area contributed by atoms with Gasteiger partial charge in [-0.15, -0.1) is 11.3 Å². The van der Waals surface area contributed by atoms with Crippen molar-refractivity contribution in [2.75, 3.05) is 6.54 Å². The van der Waals surface area contributed by atoms with Crippen LogP contribution in [-0.4, -0.2) is 17.4 Å². The molecule has 1 amide bonds. The molecule has 20 heavy (non-hydrogen) atoms. The fourth-order valence-corrected chi connectivity index (χ4v) is 2.69. The van der Waals surface area contributed by atoms with E-state index in [4.69, 9.17) is 5.73 Å². The second-order valence-corrected chi connectivity index (χ2v) is 5.50. The highest BCUT2D eigenvalue weighted by Crippen LogP contribution is 2.18. The third kappa shape index (κ3) is 3.65. The number of thiazole rings is 1. The van der Waals surface area contributed by atoms with Gasteiger partial charge in [-0.05, 0) is 12.0 Å². The number of aromatic nitrogens is 1. The highest BCUT2D eigenvalue weighted by atomic mass is 32.1. The highest BCUT2D eigenvalue weighted by Gasteiger charge is 2.13. The molecule has 1 aromatic heterocycles. The summed E-state index contributed by atoms with van der Waals surface area (Å²) in [4.78, 5) is 16.2. The first-order valence-corrected chi connectivity index (χ1v) is 7.60. The maximum absolute atomic E-state index is 12.0. The molecule has 0 radical (unpaired) electrons. The van der Waals surface area contributed by atoms with E-state index < -0.39 is 0 Å². The molecule has 0 aliphatic rings. The number of rotatable bonds is 6. The lowest BCUT2D eigenvalue weighted by molar-refractivity contribution is 0.0946. The Bertz CT molecular complexity index is 553. The maximum Gasteiger partial charge on any atom is 0.270 e. The fraction of sp³-hybridized carbons (Fsp3) is 0.333. The van der Waals surface area contributed by atoms with Crippen molar-refractivity contribution in [1.29, 1.82) is 0 Å². The Hall–Kier alpha value is -1.72. The van der Waals surface area contributed by atoms with Crippen molar-refractivity contribution in [2.24, 2.45) is 5.73 Å². The Balaban J connectivity index is 1.95. The predicted octanol–water partition coefficient (Wildman–Crippen LogP) is 2.53. The summed E-state index contributed by atoms with van der Waals surface area (Å²) < 4.78 is 0. The molecular weight excluding hydrogens is 270 g/mol. The van der Waals surface area contributed by atoms with Gasteiger partial charge in [-0.1, -0.05) is 37.3 Å². The van der Waals surface area contributed by atoms with Gasteiger partial charge in [0.05, 0.1) is 0 Å². The first-order valence-electron chi connectivity index (χ1n) is 6.72. The van der Waals surface area contributed by atoms with Crippen LogP contribution in [0.5, 0.6) is 0 Å². The average molecular weight is 289 g/mol. The van der Waals surface area contributed by atoms with Crippen LogP contribution in [0.25, 0.3) is 0 Å². The molecule has 5 heteroatoms. The van der Waals surface area contributed by atoms with Gasteiger partial charge in [0.1, 0.15) is 10.7 Å². The smallest absolute Gasteiger partial charge is 0.270 e. The molecule has 2 aromatic rings. The summed E-state index contributed by atoms with van der Waals surface area (Å²) in [7, 11) is 0. The van der Waals surface area contributed by atoms with Crippen molar-refractivity contribution in [2.45, 2.75) is 25.8 Å². The van der Waals surface area contributed by atoms with Crippen LogP contribution >= 0.6 is 11.3 Å². The van der Waals surface area contributed by atoms with E-state index in [1.165, 1.54) is 16.9 Å². The van der Waals surface area contributed by atoms with Gasteiger partial charge in [-0.25, -0.2) is 4.98 Å². The molecular formula is C15H19N3OS. The van der Waals surface area contributed by atoms with Crippen LogP contribution in [0, 0.1) is 0 Å². The normalized spacial score (nSPS) is 12.1. The standard InChI is InChI=1S/C15H19N3OS/c1-2-11(12-6-4-3-5-7-12)9-17-15(19)13-10-20-14(8-16)18-13/h3-7,10-11H,2,8-9,16H2,1H3,(H,17,19). The minimum absolute atomic E-state index is 0.129. The zero-order valence-electron chi connectivity index (χ0n) is 11.5. The molecule has 1 unspecified atom stereocenters. The number of hydrogen-bond acceptors (Lipinski definition) is 4. The second kappa shape index (κ2) is 7.17. The van der Waals surface area contributed by atoms with Crippen LogP contribution in [0.15, 0.2) is 35.7 Å². The van der Waals surface area contributed by atoms with Gasteiger partial charge in [0, 0.05) is 24.4 Å². The van der Waals surface area contributed by atoms with Gasteiger partial charge in [-0.2, -0.15) is 0 Å². The first-order chi connectivity index (χ1) is 9.74. The Morgan fingerprint density at radius 3 is 2.75 bits per heavy atom. The van der Waals surface area contributed by atoms with Crippen LogP contribution in [0.4, 0.5) is 0 Å². The van der Waals surface area contributed by atoms with Crippen LogP contribution < -0.4 is 11.1 Å². The monoisotopic (exact) mass is 289 g/mol. The Morgan fingerprint density at radius 2 is 2.15 bits per heavy atom. The molecule has 3 N–H and O–H groups in total. The molecule has 0 bridgehead atoms. The Labute approximate surface area is 123 Å². The van der Waals surface area contributed by atoms with E-state index in [0.29, 0.717) is 24.7 Å². The fourth-order valence-electron chi connectivity index (χ4n) is 2.04. The third-order valence-electron chi connectivity index (χ3n) is 3.23. The van der Waals surface area contributed by atoms with Gasteiger partial charge < -0.3 is 11.1 Å². The number of nitrogens with one attached hydrogen (secondary N) is 1. The van der Waals surface area contributed by atoms with Crippen molar-refractivity contribution in [1.82, 2.24) is 10.3 Å². The van der Waals surface area contributed by atoms with Crippen molar-refractivity contribution in [3.63, 3.8) is 0 Å². The Kier molecular flexibility index (Phi) is 5.26. The van der Waals surface area contributed by atoms with Crippen molar-refractivity contribution in [3.05, 3.63) is 52.0 Å². The quantitative estimate of drug-likeness (QED) is 0.858. The molecule has 0 saturated heterocycles. The van der Waals surface area contributed by atoms with Crippen LogP contribution in [0.2, 0.25) is 0 Å². The lowest BCUT2D eigenvalue weighted by atomic mass is 9.96. The van der Waals surface area contributed by atoms with Gasteiger partial charge >= 0.3 is 0 Å². The number of benzene rings is 1. The minimum Gasteiger partial charge on any atom is -0.350 e. The average Bonchev–Trinajstić information content (AvgIpc) is 2.98. The molecule has 106 valence electrons. The number of carbonyl (C=O) groups is 1. The Morgan fingerprint density at radius 1 is 1.40 bits per heavy atom.